The Bertz CT molecular complexity index is 5120. The molecule has 4 heteroatoms. The van der Waals surface area contributed by atoms with Gasteiger partial charge >= 0.3 is 0 Å². The van der Waals surface area contributed by atoms with E-state index in [2.05, 4.69) is 318 Å². The summed E-state index contributed by atoms with van der Waals surface area (Å²) in [4.78, 5) is 4.84. The Morgan fingerprint density at radius 3 is 1.27 bits per heavy atom. The van der Waals surface area contributed by atoms with Crippen LogP contribution in [0.3, 0.4) is 0 Å². The van der Waals surface area contributed by atoms with Gasteiger partial charge in [-0.25, -0.2) is 0 Å². The summed E-state index contributed by atoms with van der Waals surface area (Å²) in [6.45, 7) is 14.9. The van der Waals surface area contributed by atoms with Crippen molar-refractivity contribution in [2.45, 2.75) is 47.0 Å². The van der Waals surface area contributed by atoms with Crippen molar-refractivity contribution in [3.05, 3.63) is 278 Å². The summed E-state index contributed by atoms with van der Waals surface area (Å²) in [5.41, 5.74) is 16.6. The molecule has 408 valence electrons. The molecule has 1 aliphatic rings. The highest BCUT2D eigenvalue weighted by Crippen LogP contribution is 2.68. The fourth-order valence-corrected chi connectivity index (χ4v) is 17.7. The fourth-order valence-electron chi connectivity index (χ4n) is 15.3. The van der Waals surface area contributed by atoms with Crippen molar-refractivity contribution in [2.75, 3.05) is 9.80 Å². The molecule has 0 fully saturated rings. The third-order valence-electron chi connectivity index (χ3n) is 18.5. The van der Waals surface area contributed by atoms with E-state index in [4.69, 9.17) is 0 Å². The molecule has 2 nitrogen and oxygen atoms in total. The molecule has 1 aliphatic carbocycles. The highest BCUT2D eigenvalue weighted by atomic mass is 32.1. The van der Waals surface area contributed by atoms with Crippen LogP contribution in [0.4, 0.5) is 34.1 Å². The topological polar surface area (TPSA) is 6.48 Å². The summed E-state index contributed by atoms with van der Waals surface area (Å²) < 4.78 is 5.19. The lowest BCUT2D eigenvalue weighted by Crippen LogP contribution is -2.50. The van der Waals surface area contributed by atoms with Crippen molar-refractivity contribution in [2.24, 2.45) is 10.8 Å². The van der Waals surface area contributed by atoms with Crippen LogP contribution < -0.4 is 9.80 Å². The minimum Gasteiger partial charge on any atom is -0.309 e. The minimum absolute atomic E-state index is 0.175. The van der Waals surface area contributed by atoms with Gasteiger partial charge in [0.2, 0.25) is 0 Å². The molecule has 0 saturated heterocycles. The first-order chi connectivity index (χ1) is 41.4. The first-order valence-corrected chi connectivity index (χ1v) is 31.4. The van der Waals surface area contributed by atoms with Gasteiger partial charge in [0, 0.05) is 59.1 Å². The van der Waals surface area contributed by atoms with Crippen molar-refractivity contribution in [3.63, 3.8) is 0 Å². The van der Waals surface area contributed by atoms with Crippen LogP contribution in [0.15, 0.2) is 267 Å². The molecule has 16 rings (SSSR count). The standard InChI is InChI=1S/C81H62N2S2/c1-79(2,3)81(80(4,5)6)70-50-56-47-53(51-37-42-59(43-38-51)82(57-21-9-7-10-22-57)71-31-19-29-66-62-26-15-17-33-73(62)84-77(66)71)35-36-55(56)49-69(70)75-64-28-14-13-25-61(64)68-48-54(41-46-65(68)76(75)81)52-39-44-60(45-40-52)83(58-23-11-8-12-24-58)72-32-20-30-67-63-27-16-18-34-74(63)85-78(67)72/h7-50H,1-6H3. The van der Waals surface area contributed by atoms with Crippen LogP contribution >= 0.6 is 22.7 Å². The third kappa shape index (κ3) is 7.88. The number of hydrogen-bond acceptors (Lipinski definition) is 4. The quantitative estimate of drug-likeness (QED) is 0.140. The lowest BCUT2D eigenvalue weighted by molar-refractivity contribution is 0.0965. The van der Waals surface area contributed by atoms with E-state index >= 15 is 0 Å². The molecule has 0 saturated carbocycles. The number of fused-ring (bicyclic) bond motifs is 15. The molecule has 0 spiro atoms. The van der Waals surface area contributed by atoms with E-state index < -0.39 is 0 Å². The zero-order valence-corrected chi connectivity index (χ0v) is 50.2. The molecule has 0 radical (unpaired) electrons. The second-order valence-corrected chi connectivity index (χ2v) is 27.3. The smallest absolute Gasteiger partial charge is 0.0640 e. The summed E-state index contributed by atoms with van der Waals surface area (Å²) in [6.07, 6.45) is 0. The van der Waals surface area contributed by atoms with Crippen LogP contribution in [0.25, 0.3) is 106 Å². The molecule has 13 aromatic carbocycles. The van der Waals surface area contributed by atoms with Crippen molar-refractivity contribution < 1.29 is 0 Å². The van der Waals surface area contributed by atoms with Gasteiger partial charge in [0.05, 0.1) is 20.8 Å². The molecule has 0 atom stereocenters. The monoisotopic (exact) mass is 1130 g/mol. The predicted octanol–water partition coefficient (Wildman–Crippen LogP) is 24.5. The first-order valence-electron chi connectivity index (χ1n) is 29.7. The van der Waals surface area contributed by atoms with E-state index in [1.165, 1.54) is 129 Å². The molecule has 0 amide bonds. The molecular formula is C81H62N2S2. The summed E-state index contributed by atoms with van der Waals surface area (Å²) in [6, 6.07) is 99.9. The molecule has 0 bridgehead atoms. The molecule has 2 aromatic heterocycles. The van der Waals surface area contributed by atoms with Gasteiger partial charge in [-0.2, -0.15) is 0 Å². The van der Waals surface area contributed by atoms with E-state index in [-0.39, 0.29) is 16.2 Å². The molecule has 0 unspecified atom stereocenters. The van der Waals surface area contributed by atoms with Crippen molar-refractivity contribution in [1.82, 2.24) is 0 Å². The third-order valence-corrected chi connectivity index (χ3v) is 20.9. The zero-order chi connectivity index (χ0) is 57.3. The second kappa shape index (κ2) is 19.4. The largest absolute Gasteiger partial charge is 0.309 e. The fraction of sp³-hybridized carbons (Fsp3) is 0.111. The van der Waals surface area contributed by atoms with Gasteiger partial charge in [-0.15, -0.1) is 22.7 Å². The van der Waals surface area contributed by atoms with Crippen LogP contribution in [0.1, 0.15) is 52.7 Å². The lowest BCUT2D eigenvalue weighted by atomic mass is 9.49. The van der Waals surface area contributed by atoms with Crippen molar-refractivity contribution in [1.29, 1.82) is 0 Å². The van der Waals surface area contributed by atoms with Gasteiger partial charge in [0.1, 0.15) is 0 Å². The number of para-hydroxylation sites is 2. The summed E-state index contributed by atoms with van der Waals surface area (Å²) in [7, 11) is 0. The number of benzene rings is 13. The van der Waals surface area contributed by atoms with E-state index in [0.717, 1.165) is 22.7 Å². The van der Waals surface area contributed by atoms with E-state index in [9.17, 15) is 0 Å². The maximum absolute atomic E-state index is 2.58. The van der Waals surface area contributed by atoms with Crippen LogP contribution in [-0.2, 0) is 5.41 Å². The normalized spacial score (nSPS) is 13.2. The maximum atomic E-state index is 2.58. The molecular weight excluding hydrogens is 1070 g/mol. The van der Waals surface area contributed by atoms with Gasteiger partial charge in [-0.05, 0) is 185 Å². The minimum atomic E-state index is -0.363. The van der Waals surface area contributed by atoms with Crippen molar-refractivity contribution in [3.8, 4) is 33.4 Å². The number of hydrogen-bond donors (Lipinski definition) is 0. The molecule has 85 heavy (non-hydrogen) atoms. The van der Waals surface area contributed by atoms with E-state index in [0.29, 0.717) is 0 Å². The summed E-state index contributed by atoms with van der Waals surface area (Å²) in [5, 5.41) is 12.9. The predicted molar refractivity (Wildman–Crippen MR) is 370 cm³/mol. The highest BCUT2D eigenvalue weighted by Gasteiger charge is 2.59. The maximum Gasteiger partial charge on any atom is 0.0640 e. The molecule has 0 aliphatic heterocycles. The van der Waals surface area contributed by atoms with Gasteiger partial charge in [0.25, 0.3) is 0 Å². The molecule has 2 heterocycles. The number of rotatable bonds is 8. The SMILES string of the molecule is CC(C)(C)C1(C(C)(C)C)c2cc3cc(-c4ccc(N(c5ccccc5)c5cccc6c5sc5ccccc56)cc4)ccc3cc2-c2c1c1ccc(-c3ccc(N(c4ccccc4)c4cccc5c4sc4ccccc45)cc3)cc1c1ccccc21. The van der Waals surface area contributed by atoms with Crippen LogP contribution in [0.2, 0.25) is 0 Å². The Kier molecular flexibility index (Phi) is 11.7. The van der Waals surface area contributed by atoms with Crippen molar-refractivity contribution >= 4 is 129 Å². The Morgan fingerprint density at radius 2 is 0.741 bits per heavy atom. The van der Waals surface area contributed by atoms with E-state index in [1.807, 2.05) is 22.7 Å². The van der Waals surface area contributed by atoms with Crippen LogP contribution in [0, 0.1) is 10.8 Å². The lowest BCUT2D eigenvalue weighted by Gasteiger charge is -2.53. The Balaban J connectivity index is 0.804. The summed E-state index contributed by atoms with van der Waals surface area (Å²) >= 11 is 3.74. The Hall–Kier alpha value is -9.32. The highest BCUT2D eigenvalue weighted by molar-refractivity contribution is 7.26. The van der Waals surface area contributed by atoms with E-state index in [1.54, 1.807) is 0 Å². The van der Waals surface area contributed by atoms with Gasteiger partial charge in [0.15, 0.2) is 0 Å². The summed E-state index contributed by atoms with van der Waals surface area (Å²) in [5.74, 6) is 0. The van der Waals surface area contributed by atoms with Gasteiger partial charge in [-0.1, -0.05) is 211 Å². The van der Waals surface area contributed by atoms with Crippen LogP contribution in [0.5, 0.6) is 0 Å². The Morgan fingerprint density at radius 1 is 0.306 bits per heavy atom. The number of thiophene rings is 2. The number of nitrogens with zero attached hydrogens (tertiary/aromatic N) is 2. The van der Waals surface area contributed by atoms with Gasteiger partial charge < -0.3 is 9.80 Å². The molecule has 0 N–H and O–H groups in total. The first kappa shape index (κ1) is 51.3. The number of anilines is 6. The van der Waals surface area contributed by atoms with Crippen LogP contribution in [-0.4, -0.2) is 0 Å². The average molecular weight is 1130 g/mol. The Labute approximate surface area is 505 Å². The van der Waals surface area contributed by atoms with Gasteiger partial charge in [-0.3, -0.25) is 0 Å². The molecule has 15 aromatic rings. The average Bonchev–Trinajstić information content (AvgIpc) is 1.58. The second-order valence-electron chi connectivity index (χ2n) is 25.2. The zero-order valence-electron chi connectivity index (χ0n) is 48.6.